The molecule has 2 saturated heterocycles. The summed E-state index contributed by atoms with van der Waals surface area (Å²) in [6.07, 6.45) is 1.43. The predicted octanol–water partition coefficient (Wildman–Crippen LogP) is 2.35. The van der Waals surface area contributed by atoms with E-state index in [1.165, 1.54) is 11.0 Å². The lowest BCUT2D eigenvalue weighted by molar-refractivity contribution is -0.122. The van der Waals surface area contributed by atoms with Gasteiger partial charge in [0.1, 0.15) is 17.1 Å². The van der Waals surface area contributed by atoms with Gasteiger partial charge in [0.2, 0.25) is 0 Å². The Morgan fingerprint density at radius 1 is 1.20 bits per heavy atom. The molecule has 0 spiro atoms. The van der Waals surface area contributed by atoms with E-state index in [0.29, 0.717) is 42.9 Å². The minimum absolute atomic E-state index is 0.0178. The highest BCUT2D eigenvalue weighted by molar-refractivity contribution is 7.80. The van der Waals surface area contributed by atoms with Gasteiger partial charge in [0, 0.05) is 25.2 Å². The number of amides is 2. The molecular weight excluding hydrogens is 406 g/mol. The van der Waals surface area contributed by atoms with Gasteiger partial charge >= 0.3 is 0 Å². The van der Waals surface area contributed by atoms with Crippen molar-refractivity contribution in [3.63, 3.8) is 0 Å². The minimum Gasteiger partial charge on any atom is -0.494 e. The van der Waals surface area contributed by atoms with Crippen LogP contribution in [-0.2, 0) is 14.3 Å². The Kier molecular flexibility index (Phi) is 5.82. The largest absolute Gasteiger partial charge is 0.494 e. The van der Waals surface area contributed by atoms with Crippen molar-refractivity contribution in [1.29, 1.82) is 0 Å². The first-order valence-electron chi connectivity index (χ1n) is 9.63. The second-order valence-corrected chi connectivity index (χ2v) is 7.05. The number of hydrogen-bond donors (Lipinski definition) is 1. The molecule has 0 aliphatic carbocycles. The highest BCUT2D eigenvalue weighted by atomic mass is 32.1. The number of furan rings is 1. The summed E-state index contributed by atoms with van der Waals surface area (Å²) in [7, 11) is 0. The van der Waals surface area contributed by atoms with E-state index in [4.69, 9.17) is 26.1 Å². The van der Waals surface area contributed by atoms with Crippen LogP contribution in [0, 0.1) is 0 Å². The van der Waals surface area contributed by atoms with Crippen LogP contribution in [0.5, 0.6) is 5.75 Å². The van der Waals surface area contributed by atoms with Crippen molar-refractivity contribution in [1.82, 2.24) is 5.32 Å². The van der Waals surface area contributed by atoms with Crippen molar-refractivity contribution < 1.29 is 23.5 Å². The number of rotatable bonds is 5. The lowest BCUT2D eigenvalue weighted by atomic mass is 10.1. The summed E-state index contributed by atoms with van der Waals surface area (Å²) >= 11 is 5.24. The highest BCUT2D eigenvalue weighted by Gasteiger charge is 2.35. The third-order valence-corrected chi connectivity index (χ3v) is 5.00. The molecule has 30 heavy (non-hydrogen) atoms. The topological polar surface area (TPSA) is 84.2 Å². The molecule has 1 aromatic heterocycles. The zero-order chi connectivity index (χ0) is 21.1. The first-order valence-corrected chi connectivity index (χ1v) is 10.0. The van der Waals surface area contributed by atoms with Gasteiger partial charge in [-0.25, -0.2) is 0 Å². The Labute approximate surface area is 179 Å². The van der Waals surface area contributed by atoms with Crippen LogP contribution in [0.2, 0.25) is 0 Å². The molecule has 0 unspecified atom stereocenters. The summed E-state index contributed by atoms with van der Waals surface area (Å²) in [6, 6.07) is 10.5. The van der Waals surface area contributed by atoms with Crippen LogP contribution in [0.4, 0.5) is 11.6 Å². The van der Waals surface area contributed by atoms with Gasteiger partial charge in [0.25, 0.3) is 11.8 Å². The van der Waals surface area contributed by atoms with E-state index in [0.717, 1.165) is 13.1 Å². The molecule has 8 nitrogen and oxygen atoms in total. The molecule has 2 aliphatic heterocycles. The average Bonchev–Trinajstić information content (AvgIpc) is 3.21. The zero-order valence-corrected chi connectivity index (χ0v) is 17.2. The van der Waals surface area contributed by atoms with Crippen molar-refractivity contribution in [3.8, 4) is 5.75 Å². The Bertz CT molecular complexity index is 1010. The number of carbonyl (C=O) groups is 2. The van der Waals surface area contributed by atoms with Gasteiger partial charge in [-0.05, 0) is 43.4 Å². The van der Waals surface area contributed by atoms with Crippen molar-refractivity contribution in [2.75, 3.05) is 42.7 Å². The van der Waals surface area contributed by atoms with Gasteiger partial charge in [-0.1, -0.05) is 6.07 Å². The molecule has 9 heteroatoms. The molecule has 2 fully saturated rings. The third-order valence-electron chi connectivity index (χ3n) is 4.71. The minimum atomic E-state index is -0.563. The maximum absolute atomic E-state index is 13.1. The van der Waals surface area contributed by atoms with E-state index in [9.17, 15) is 9.59 Å². The summed E-state index contributed by atoms with van der Waals surface area (Å²) < 4.78 is 16.7. The quantitative estimate of drug-likeness (QED) is 0.445. The van der Waals surface area contributed by atoms with E-state index in [-0.39, 0.29) is 10.7 Å². The fraction of sp³-hybridized carbons (Fsp3) is 0.286. The van der Waals surface area contributed by atoms with Gasteiger partial charge < -0.3 is 18.8 Å². The van der Waals surface area contributed by atoms with Crippen LogP contribution in [-0.4, -0.2) is 49.8 Å². The number of benzene rings is 1. The van der Waals surface area contributed by atoms with Gasteiger partial charge in [0.05, 0.1) is 25.5 Å². The highest BCUT2D eigenvalue weighted by Crippen LogP contribution is 2.27. The normalized spacial score (nSPS) is 18.7. The summed E-state index contributed by atoms with van der Waals surface area (Å²) in [4.78, 5) is 28.9. The Morgan fingerprint density at radius 2 is 2.00 bits per heavy atom. The lowest BCUT2D eigenvalue weighted by Gasteiger charge is -2.29. The standard InChI is InChI=1S/C21H21N3O5S/c1-2-28-15-5-3-4-14(12-15)24-20(26)17(19(25)22-21(24)30)13-16-6-7-18(29-16)23-8-10-27-11-9-23/h3-7,12-13H,2,8-11H2,1H3,(H,22,25,30)/b17-13+. The van der Waals surface area contributed by atoms with Gasteiger partial charge in [-0.2, -0.15) is 0 Å². The number of thiocarbonyl (C=S) groups is 1. The first-order chi connectivity index (χ1) is 14.6. The molecule has 0 bridgehead atoms. The first kappa shape index (κ1) is 20.1. The molecule has 1 N–H and O–H groups in total. The summed E-state index contributed by atoms with van der Waals surface area (Å²) in [5.74, 6) is 0.596. The number of anilines is 2. The fourth-order valence-corrected chi connectivity index (χ4v) is 3.57. The predicted molar refractivity (Wildman–Crippen MR) is 116 cm³/mol. The summed E-state index contributed by atoms with van der Waals surface area (Å²) in [5.41, 5.74) is 0.448. The number of ether oxygens (including phenoxy) is 2. The van der Waals surface area contributed by atoms with Crippen LogP contribution in [0.25, 0.3) is 6.08 Å². The molecule has 4 rings (SSSR count). The molecule has 2 amide bonds. The second-order valence-electron chi connectivity index (χ2n) is 6.66. The van der Waals surface area contributed by atoms with E-state index >= 15 is 0 Å². The van der Waals surface area contributed by atoms with Crippen molar-refractivity contribution in [2.24, 2.45) is 0 Å². The Balaban J connectivity index is 1.61. The summed E-state index contributed by atoms with van der Waals surface area (Å²) in [5, 5.41) is 2.59. The van der Waals surface area contributed by atoms with E-state index in [1.54, 1.807) is 30.3 Å². The second kappa shape index (κ2) is 8.68. The summed E-state index contributed by atoms with van der Waals surface area (Å²) in [6.45, 7) is 5.07. The van der Waals surface area contributed by atoms with Crippen LogP contribution in [0.15, 0.2) is 46.4 Å². The lowest BCUT2D eigenvalue weighted by Crippen LogP contribution is -2.54. The number of nitrogens with zero attached hydrogens (tertiary/aromatic N) is 2. The molecule has 2 aliphatic rings. The van der Waals surface area contributed by atoms with E-state index in [1.807, 2.05) is 13.0 Å². The zero-order valence-electron chi connectivity index (χ0n) is 16.4. The smallest absolute Gasteiger partial charge is 0.270 e. The molecular formula is C21H21N3O5S. The van der Waals surface area contributed by atoms with E-state index < -0.39 is 11.8 Å². The van der Waals surface area contributed by atoms with Crippen molar-refractivity contribution in [2.45, 2.75) is 6.92 Å². The maximum Gasteiger partial charge on any atom is 0.270 e. The average molecular weight is 427 g/mol. The molecule has 3 heterocycles. The van der Waals surface area contributed by atoms with Crippen LogP contribution >= 0.6 is 12.2 Å². The maximum atomic E-state index is 13.1. The van der Waals surface area contributed by atoms with Crippen LogP contribution in [0.3, 0.4) is 0 Å². The Hall–Kier alpha value is -3.17. The Morgan fingerprint density at radius 3 is 2.77 bits per heavy atom. The number of carbonyl (C=O) groups excluding carboxylic acids is 2. The van der Waals surface area contributed by atoms with Gasteiger partial charge in [-0.15, -0.1) is 0 Å². The molecule has 0 radical (unpaired) electrons. The SMILES string of the molecule is CCOc1cccc(N2C(=O)/C(=C/c3ccc(N4CCOCC4)o3)C(=O)NC2=S)c1. The third kappa shape index (κ3) is 4.07. The monoisotopic (exact) mass is 427 g/mol. The van der Waals surface area contributed by atoms with Gasteiger partial charge in [-0.3, -0.25) is 19.8 Å². The molecule has 0 atom stereocenters. The van der Waals surface area contributed by atoms with E-state index in [2.05, 4.69) is 10.2 Å². The van der Waals surface area contributed by atoms with Gasteiger partial charge in [0.15, 0.2) is 11.0 Å². The van der Waals surface area contributed by atoms with Crippen molar-refractivity contribution >= 4 is 46.8 Å². The number of morpholine rings is 1. The van der Waals surface area contributed by atoms with Crippen LogP contribution in [0.1, 0.15) is 12.7 Å². The fourth-order valence-electron chi connectivity index (χ4n) is 3.29. The molecule has 0 saturated carbocycles. The molecule has 156 valence electrons. The number of nitrogens with one attached hydrogen (secondary N) is 1. The molecule has 2 aromatic rings. The van der Waals surface area contributed by atoms with Crippen molar-refractivity contribution in [3.05, 3.63) is 47.7 Å². The number of hydrogen-bond acceptors (Lipinski definition) is 7. The van der Waals surface area contributed by atoms with Crippen LogP contribution < -0.4 is 19.9 Å². The molecule has 1 aromatic carbocycles.